The minimum atomic E-state index is -0.712. The SMILES string of the molecule is COc1cc(C(=O)NC(Cc2ccccc2)C(=O)NC2CC2)cc(OC)c1OCc1ccccc1. The van der Waals surface area contributed by atoms with Gasteiger partial charge in [-0.2, -0.15) is 0 Å². The smallest absolute Gasteiger partial charge is 0.252 e. The second kappa shape index (κ2) is 11.4. The molecule has 0 saturated heterocycles. The summed E-state index contributed by atoms with van der Waals surface area (Å²) in [6.07, 6.45) is 2.32. The van der Waals surface area contributed by atoms with E-state index >= 15 is 0 Å². The highest BCUT2D eigenvalue weighted by Crippen LogP contribution is 2.39. The summed E-state index contributed by atoms with van der Waals surface area (Å²) in [5.74, 6) is 0.553. The summed E-state index contributed by atoms with van der Waals surface area (Å²) in [6, 6.07) is 22.0. The highest BCUT2D eigenvalue weighted by Gasteiger charge is 2.29. The van der Waals surface area contributed by atoms with E-state index in [-0.39, 0.29) is 11.9 Å². The predicted molar refractivity (Wildman–Crippen MR) is 133 cm³/mol. The van der Waals surface area contributed by atoms with Crippen LogP contribution in [0, 0.1) is 0 Å². The Balaban J connectivity index is 1.53. The molecule has 1 atom stereocenters. The standard InChI is InChI=1S/C28H30N2O5/c1-33-24-16-21(17-25(34-2)26(24)35-18-20-11-7-4-8-12-20)27(31)30-23(28(32)29-22-13-14-22)15-19-9-5-3-6-10-19/h3-12,16-17,22-23H,13-15,18H2,1-2H3,(H,29,32)(H,30,31). The van der Waals surface area contributed by atoms with Gasteiger partial charge >= 0.3 is 0 Å². The Morgan fingerprint density at radius 3 is 2.00 bits per heavy atom. The average molecular weight is 475 g/mol. The van der Waals surface area contributed by atoms with Gasteiger partial charge in [-0.1, -0.05) is 60.7 Å². The van der Waals surface area contributed by atoms with E-state index in [1.165, 1.54) is 14.2 Å². The van der Waals surface area contributed by atoms with Crippen molar-refractivity contribution in [3.05, 3.63) is 89.5 Å². The maximum Gasteiger partial charge on any atom is 0.252 e. The third kappa shape index (κ3) is 6.53. The molecule has 1 unspecified atom stereocenters. The van der Waals surface area contributed by atoms with Gasteiger partial charge in [-0.05, 0) is 36.1 Å². The van der Waals surface area contributed by atoms with Gasteiger partial charge in [0.2, 0.25) is 11.7 Å². The van der Waals surface area contributed by atoms with Crippen LogP contribution in [0.1, 0.15) is 34.3 Å². The number of rotatable bonds is 11. The van der Waals surface area contributed by atoms with Crippen molar-refractivity contribution >= 4 is 11.8 Å². The molecule has 0 spiro atoms. The lowest BCUT2D eigenvalue weighted by atomic mass is 10.0. The van der Waals surface area contributed by atoms with Crippen molar-refractivity contribution < 1.29 is 23.8 Å². The molecule has 0 radical (unpaired) electrons. The lowest BCUT2D eigenvalue weighted by Gasteiger charge is -2.20. The lowest BCUT2D eigenvalue weighted by molar-refractivity contribution is -0.123. The van der Waals surface area contributed by atoms with Crippen LogP contribution in [0.5, 0.6) is 17.2 Å². The molecule has 0 bridgehead atoms. The van der Waals surface area contributed by atoms with Crippen molar-refractivity contribution in [3.8, 4) is 17.2 Å². The number of benzene rings is 3. The Bertz CT molecular complexity index is 1120. The van der Waals surface area contributed by atoms with Crippen LogP contribution in [-0.2, 0) is 17.8 Å². The van der Waals surface area contributed by atoms with Gasteiger partial charge in [0.25, 0.3) is 5.91 Å². The number of hydrogen-bond donors (Lipinski definition) is 2. The first-order valence-electron chi connectivity index (χ1n) is 11.6. The third-order valence-electron chi connectivity index (χ3n) is 5.78. The van der Waals surface area contributed by atoms with Crippen LogP contribution in [0.4, 0.5) is 0 Å². The fourth-order valence-corrected chi connectivity index (χ4v) is 3.71. The van der Waals surface area contributed by atoms with Crippen molar-refractivity contribution in [2.45, 2.75) is 38.0 Å². The minimum Gasteiger partial charge on any atom is -0.493 e. The highest BCUT2D eigenvalue weighted by atomic mass is 16.5. The molecule has 3 aromatic rings. The zero-order valence-electron chi connectivity index (χ0n) is 20.0. The summed E-state index contributed by atoms with van der Waals surface area (Å²) >= 11 is 0. The van der Waals surface area contributed by atoms with E-state index in [0.29, 0.717) is 35.8 Å². The van der Waals surface area contributed by atoms with E-state index in [4.69, 9.17) is 14.2 Å². The summed E-state index contributed by atoms with van der Waals surface area (Å²) in [4.78, 5) is 26.1. The molecule has 1 aliphatic rings. The van der Waals surface area contributed by atoms with Crippen molar-refractivity contribution in [2.24, 2.45) is 0 Å². The van der Waals surface area contributed by atoms with E-state index in [1.807, 2.05) is 60.7 Å². The summed E-state index contributed by atoms with van der Waals surface area (Å²) < 4.78 is 17.0. The summed E-state index contributed by atoms with van der Waals surface area (Å²) in [5, 5.41) is 5.89. The largest absolute Gasteiger partial charge is 0.493 e. The molecule has 1 fully saturated rings. The van der Waals surface area contributed by atoms with Gasteiger partial charge in [0.05, 0.1) is 14.2 Å². The Labute approximate surface area is 205 Å². The monoisotopic (exact) mass is 474 g/mol. The molecule has 2 N–H and O–H groups in total. The van der Waals surface area contributed by atoms with Crippen LogP contribution < -0.4 is 24.8 Å². The first-order chi connectivity index (χ1) is 17.1. The van der Waals surface area contributed by atoms with Gasteiger partial charge < -0.3 is 24.8 Å². The molecular weight excluding hydrogens is 444 g/mol. The van der Waals surface area contributed by atoms with E-state index < -0.39 is 11.9 Å². The highest BCUT2D eigenvalue weighted by molar-refractivity contribution is 5.98. The number of nitrogens with one attached hydrogen (secondary N) is 2. The fraction of sp³-hybridized carbons (Fsp3) is 0.286. The number of carbonyl (C=O) groups is 2. The van der Waals surface area contributed by atoms with Crippen LogP contribution >= 0.6 is 0 Å². The van der Waals surface area contributed by atoms with Crippen molar-refractivity contribution in [1.82, 2.24) is 10.6 Å². The Morgan fingerprint density at radius 2 is 1.46 bits per heavy atom. The lowest BCUT2D eigenvalue weighted by Crippen LogP contribution is -2.48. The van der Waals surface area contributed by atoms with Crippen LogP contribution in [0.3, 0.4) is 0 Å². The molecule has 3 aromatic carbocycles. The van der Waals surface area contributed by atoms with Gasteiger partial charge in [0.1, 0.15) is 12.6 Å². The number of amides is 2. The molecule has 0 aliphatic heterocycles. The summed E-state index contributed by atoms with van der Waals surface area (Å²) in [7, 11) is 3.01. The second-order valence-electron chi connectivity index (χ2n) is 8.48. The van der Waals surface area contributed by atoms with Crippen molar-refractivity contribution in [1.29, 1.82) is 0 Å². The second-order valence-corrected chi connectivity index (χ2v) is 8.48. The number of methoxy groups -OCH3 is 2. The molecule has 2 amide bonds. The van der Waals surface area contributed by atoms with Gasteiger partial charge in [0, 0.05) is 18.0 Å². The average Bonchev–Trinajstić information content (AvgIpc) is 3.71. The van der Waals surface area contributed by atoms with Crippen LogP contribution in [-0.4, -0.2) is 38.1 Å². The van der Waals surface area contributed by atoms with Crippen LogP contribution in [0.25, 0.3) is 0 Å². The zero-order valence-corrected chi connectivity index (χ0v) is 20.0. The third-order valence-corrected chi connectivity index (χ3v) is 5.78. The quantitative estimate of drug-likeness (QED) is 0.440. The topological polar surface area (TPSA) is 85.9 Å². The van der Waals surface area contributed by atoms with E-state index in [9.17, 15) is 9.59 Å². The van der Waals surface area contributed by atoms with Gasteiger partial charge in [-0.3, -0.25) is 9.59 Å². The molecule has 4 rings (SSSR count). The molecule has 7 heteroatoms. The maximum atomic E-state index is 13.2. The minimum absolute atomic E-state index is 0.188. The Hall–Kier alpha value is -4.00. The normalized spacial score (nSPS) is 13.4. The summed E-state index contributed by atoms with van der Waals surface area (Å²) in [6.45, 7) is 0.319. The van der Waals surface area contributed by atoms with Crippen molar-refractivity contribution in [3.63, 3.8) is 0 Å². The molecule has 1 saturated carbocycles. The molecule has 35 heavy (non-hydrogen) atoms. The van der Waals surface area contributed by atoms with Gasteiger partial charge in [-0.15, -0.1) is 0 Å². The molecule has 0 heterocycles. The van der Waals surface area contributed by atoms with E-state index in [0.717, 1.165) is 24.0 Å². The maximum absolute atomic E-state index is 13.2. The number of ether oxygens (including phenoxy) is 3. The van der Waals surface area contributed by atoms with Crippen LogP contribution in [0.15, 0.2) is 72.8 Å². The molecular formula is C28H30N2O5. The first-order valence-corrected chi connectivity index (χ1v) is 11.6. The molecule has 1 aliphatic carbocycles. The van der Waals surface area contributed by atoms with Gasteiger partial charge in [-0.25, -0.2) is 0 Å². The molecule has 7 nitrogen and oxygen atoms in total. The predicted octanol–water partition coefficient (Wildman–Crippen LogP) is 3.90. The van der Waals surface area contributed by atoms with E-state index in [1.54, 1.807) is 12.1 Å². The Morgan fingerprint density at radius 1 is 0.886 bits per heavy atom. The molecule has 182 valence electrons. The van der Waals surface area contributed by atoms with E-state index in [2.05, 4.69) is 10.6 Å². The zero-order chi connectivity index (χ0) is 24.6. The fourth-order valence-electron chi connectivity index (χ4n) is 3.71. The number of hydrogen-bond acceptors (Lipinski definition) is 5. The summed E-state index contributed by atoms with van der Waals surface area (Å²) in [5.41, 5.74) is 2.26. The Kier molecular flexibility index (Phi) is 7.88. The molecule has 0 aromatic heterocycles. The van der Waals surface area contributed by atoms with Crippen LogP contribution in [0.2, 0.25) is 0 Å². The first kappa shape index (κ1) is 24.1. The number of carbonyl (C=O) groups excluding carboxylic acids is 2. The van der Waals surface area contributed by atoms with Crippen molar-refractivity contribution in [2.75, 3.05) is 14.2 Å². The van der Waals surface area contributed by atoms with Gasteiger partial charge in [0.15, 0.2) is 11.5 Å².